The summed E-state index contributed by atoms with van der Waals surface area (Å²) in [6, 6.07) is 11.8. The van der Waals surface area contributed by atoms with Crippen molar-refractivity contribution in [2.24, 2.45) is 11.1 Å². The number of carbonyl (C=O) groups excluding carboxylic acids is 5. The van der Waals surface area contributed by atoms with Gasteiger partial charge >= 0.3 is 6.18 Å². The second kappa shape index (κ2) is 20.2. The van der Waals surface area contributed by atoms with Crippen LogP contribution in [0.15, 0.2) is 66.9 Å². The van der Waals surface area contributed by atoms with Gasteiger partial charge in [-0.2, -0.15) is 18.4 Å². The lowest BCUT2D eigenvalue weighted by atomic mass is 9.85. The van der Waals surface area contributed by atoms with Gasteiger partial charge in [0.15, 0.2) is 28.3 Å². The van der Waals surface area contributed by atoms with Gasteiger partial charge in [-0.15, -0.1) is 0 Å². The van der Waals surface area contributed by atoms with Crippen LogP contribution in [-0.4, -0.2) is 88.5 Å². The molecule has 2 aliphatic rings. The standard InChI is InChI=1S/C47H46F6N8O7S/c1-45(2,3)39(42(65)59-16-6-7-33(59)41(64)57-22-25-8-10-26(11-9-25)40(55)63)58-35(62)24-67-17-18-68-34-15-13-27(19-30(34)48)38-31(49)20-29(23-56-38)61-44(69)60(43(66)46(61,4)5)32-14-12-28(21-54)36(37(32)50)47(51,52)53/h8-15,19-20,23,33,39H,6-7,16-18,22,24H2,1-5H3,(H2,55,63)(H,57,64)(H,58,62)/t33-,39?/m0/s1. The van der Waals surface area contributed by atoms with Crippen LogP contribution in [0.2, 0.25) is 0 Å². The number of amides is 5. The van der Waals surface area contributed by atoms with Crippen LogP contribution in [0.1, 0.15) is 74.5 Å². The van der Waals surface area contributed by atoms with Crippen LogP contribution in [0.4, 0.5) is 37.7 Å². The van der Waals surface area contributed by atoms with E-state index in [4.69, 9.17) is 32.7 Å². The third-order valence-electron chi connectivity index (χ3n) is 11.4. The number of nitrogens with one attached hydrogen (secondary N) is 2. The zero-order chi connectivity index (χ0) is 50.7. The van der Waals surface area contributed by atoms with Crippen molar-refractivity contribution in [3.8, 4) is 23.1 Å². The Hall–Kier alpha value is -7.12. The van der Waals surface area contributed by atoms with Crippen molar-refractivity contribution in [3.63, 3.8) is 0 Å². The summed E-state index contributed by atoms with van der Waals surface area (Å²) < 4.78 is 98.6. The van der Waals surface area contributed by atoms with Crippen molar-refractivity contribution >= 4 is 58.2 Å². The molecule has 6 rings (SSSR count). The normalized spacial score (nSPS) is 16.3. The maximum atomic E-state index is 15.7. The Labute approximate surface area is 397 Å². The van der Waals surface area contributed by atoms with Crippen molar-refractivity contribution < 1.29 is 59.8 Å². The molecule has 2 fully saturated rings. The van der Waals surface area contributed by atoms with E-state index in [1.165, 1.54) is 36.9 Å². The molecule has 4 aromatic rings. The highest BCUT2D eigenvalue weighted by Crippen LogP contribution is 2.42. The van der Waals surface area contributed by atoms with Crippen molar-refractivity contribution in [1.29, 1.82) is 5.26 Å². The summed E-state index contributed by atoms with van der Waals surface area (Å²) in [4.78, 5) is 72.2. The number of likely N-dealkylation sites (tertiary alicyclic amines) is 1. The number of hydrogen-bond acceptors (Lipinski definition) is 10. The zero-order valence-electron chi connectivity index (χ0n) is 37.8. The van der Waals surface area contributed by atoms with Gasteiger partial charge in [-0.1, -0.05) is 32.9 Å². The van der Waals surface area contributed by atoms with Gasteiger partial charge in [0, 0.05) is 30.3 Å². The van der Waals surface area contributed by atoms with Crippen LogP contribution >= 0.6 is 12.2 Å². The van der Waals surface area contributed by atoms with E-state index in [-0.39, 0.29) is 48.4 Å². The van der Waals surface area contributed by atoms with Crippen LogP contribution in [-0.2, 0) is 36.6 Å². The first kappa shape index (κ1) is 51.3. The molecule has 0 saturated carbocycles. The molecular weight excluding hydrogens is 935 g/mol. The number of nitrogens with two attached hydrogens (primary N) is 1. The lowest BCUT2D eigenvalue weighted by molar-refractivity contribution is -0.144. The number of ether oxygens (including phenoxy) is 2. The minimum absolute atomic E-state index is 0.0329. The van der Waals surface area contributed by atoms with Crippen molar-refractivity contribution in [2.45, 2.75) is 77.8 Å². The molecule has 4 N–H and O–H groups in total. The number of thiocarbonyl (C=S) groups is 1. The minimum Gasteiger partial charge on any atom is -0.488 e. The molecule has 0 bridgehead atoms. The Bertz CT molecular complexity index is 2740. The number of primary amides is 1. The fourth-order valence-electron chi connectivity index (χ4n) is 7.87. The quantitative estimate of drug-likeness (QED) is 0.0686. The molecule has 1 aromatic heterocycles. The fraction of sp³-hybridized carbons (Fsp3) is 0.362. The lowest BCUT2D eigenvalue weighted by Crippen LogP contribution is -2.58. The van der Waals surface area contributed by atoms with Gasteiger partial charge in [0.05, 0.1) is 35.8 Å². The summed E-state index contributed by atoms with van der Waals surface area (Å²) in [7, 11) is 0. The molecule has 5 amide bonds. The smallest absolute Gasteiger partial charge is 0.420 e. The highest BCUT2D eigenvalue weighted by Gasteiger charge is 2.52. The minimum atomic E-state index is -5.29. The lowest BCUT2D eigenvalue weighted by Gasteiger charge is -2.35. The number of benzene rings is 3. The Kier molecular flexibility index (Phi) is 15.0. The predicted molar refractivity (Wildman–Crippen MR) is 242 cm³/mol. The summed E-state index contributed by atoms with van der Waals surface area (Å²) in [5.41, 5.74) is -0.375. The molecule has 2 saturated heterocycles. The number of halogens is 6. The molecule has 2 aliphatic heterocycles. The van der Waals surface area contributed by atoms with Crippen molar-refractivity contribution in [3.05, 3.63) is 107 Å². The number of nitrogens with zero attached hydrogens (tertiary/aromatic N) is 5. The second-order valence-electron chi connectivity index (χ2n) is 17.7. The third kappa shape index (κ3) is 10.9. The maximum absolute atomic E-state index is 15.7. The SMILES string of the molecule is CC(C)(C)C(NC(=O)COCCOc1ccc(-c2ncc(N3C(=S)N(c4ccc(C#N)c(C(F)(F)F)c4F)C(=O)C3(C)C)cc2F)cc1F)C(=O)N1CCC[C@H]1C(=O)NCc1ccc(C(N)=O)cc1. The largest absolute Gasteiger partial charge is 0.488 e. The van der Waals surface area contributed by atoms with Gasteiger partial charge in [0.2, 0.25) is 23.6 Å². The number of hydrogen-bond donors (Lipinski definition) is 3. The van der Waals surface area contributed by atoms with Gasteiger partial charge in [-0.3, -0.25) is 33.9 Å². The molecular formula is C47H46F6N8O7S. The number of anilines is 2. The van der Waals surface area contributed by atoms with Crippen molar-refractivity contribution in [2.75, 3.05) is 36.2 Å². The first-order chi connectivity index (χ1) is 32.4. The molecule has 2 atom stereocenters. The van der Waals surface area contributed by atoms with Gasteiger partial charge in [0.25, 0.3) is 5.91 Å². The van der Waals surface area contributed by atoms with Gasteiger partial charge in [0.1, 0.15) is 42.1 Å². The summed E-state index contributed by atoms with van der Waals surface area (Å²) in [5.74, 6) is -7.05. The Balaban J connectivity index is 1.02. The molecule has 1 unspecified atom stereocenters. The maximum Gasteiger partial charge on any atom is 0.420 e. The summed E-state index contributed by atoms with van der Waals surface area (Å²) in [6.07, 6.45) is -3.20. The van der Waals surface area contributed by atoms with E-state index >= 15 is 13.2 Å². The average molecular weight is 981 g/mol. The average Bonchev–Trinajstić information content (AvgIpc) is 3.84. The van der Waals surface area contributed by atoms with Crippen LogP contribution < -0.4 is 30.9 Å². The molecule has 3 heterocycles. The van der Waals surface area contributed by atoms with Crippen LogP contribution in [0.5, 0.6) is 5.75 Å². The fourth-order valence-corrected chi connectivity index (χ4v) is 8.38. The zero-order valence-corrected chi connectivity index (χ0v) is 38.6. The topological polar surface area (TPSA) is 200 Å². The van der Waals surface area contributed by atoms with Crippen LogP contribution in [0.3, 0.4) is 0 Å². The number of nitriles is 1. The second-order valence-corrected chi connectivity index (χ2v) is 18.0. The summed E-state index contributed by atoms with van der Waals surface area (Å²) >= 11 is 5.41. The molecule has 364 valence electrons. The van der Waals surface area contributed by atoms with E-state index in [0.29, 0.717) is 35.9 Å². The van der Waals surface area contributed by atoms with E-state index in [2.05, 4.69) is 15.6 Å². The summed E-state index contributed by atoms with van der Waals surface area (Å²) in [6.45, 7) is 7.51. The Morgan fingerprint density at radius 2 is 1.70 bits per heavy atom. The molecule has 15 nitrogen and oxygen atoms in total. The Morgan fingerprint density at radius 3 is 2.30 bits per heavy atom. The first-order valence-corrected chi connectivity index (χ1v) is 21.7. The van der Waals surface area contributed by atoms with E-state index < -0.39 is 98.8 Å². The molecule has 3 aromatic carbocycles. The molecule has 0 spiro atoms. The highest BCUT2D eigenvalue weighted by molar-refractivity contribution is 7.81. The van der Waals surface area contributed by atoms with E-state index in [9.17, 15) is 37.1 Å². The number of rotatable bonds is 15. The number of pyridine rings is 1. The predicted octanol–water partition coefficient (Wildman–Crippen LogP) is 6.31. The van der Waals surface area contributed by atoms with Gasteiger partial charge < -0.3 is 35.6 Å². The monoisotopic (exact) mass is 980 g/mol. The van der Waals surface area contributed by atoms with Crippen molar-refractivity contribution in [1.82, 2.24) is 20.5 Å². The third-order valence-corrected chi connectivity index (χ3v) is 11.8. The van der Waals surface area contributed by atoms with E-state index in [1.54, 1.807) is 45.0 Å². The van der Waals surface area contributed by atoms with E-state index in [1.807, 2.05) is 0 Å². The highest BCUT2D eigenvalue weighted by atomic mass is 32.1. The number of alkyl halides is 3. The van der Waals surface area contributed by atoms with Gasteiger partial charge in [-0.25, -0.2) is 13.2 Å². The first-order valence-electron chi connectivity index (χ1n) is 21.3. The van der Waals surface area contributed by atoms with E-state index in [0.717, 1.165) is 34.9 Å². The van der Waals surface area contributed by atoms with Crippen LogP contribution in [0, 0.1) is 34.2 Å². The Morgan fingerprint density at radius 1 is 1.00 bits per heavy atom. The molecule has 0 aliphatic carbocycles. The molecule has 0 radical (unpaired) electrons. The van der Waals surface area contributed by atoms with Gasteiger partial charge in [-0.05, 0) is 92.4 Å². The summed E-state index contributed by atoms with van der Waals surface area (Å²) in [5, 5.41) is 14.2. The molecule has 22 heteroatoms. The number of carbonyl (C=O) groups is 5. The molecule has 69 heavy (non-hydrogen) atoms. The number of aromatic nitrogens is 1. The van der Waals surface area contributed by atoms with Crippen LogP contribution in [0.25, 0.3) is 11.3 Å².